The first-order valence-corrected chi connectivity index (χ1v) is 7.33. The highest BCUT2D eigenvalue weighted by Gasteiger charge is 2.39. The minimum Gasteiger partial charge on any atom is -0.0558 e. The summed E-state index contributed by atoms with van der Waals surface area (Å²) >= 11 is 7.45. The van der Waals surface area contributed by atoms with Gasteiger partial charge in [0.15, 0.2) is 0 Å². The molecule has 1 aliphatic carbocycles. The zero-order valence-corrected chi connectivity index (χ0v) is 13.5. The minimum absolute atomic E-state index is 0.271. The number of halogens is 2. The van der Waals surface area contributed by atoms with Crippen molar-refractivity contribution in [2.24, 2.45) is 0 Å². The van der Waals surface area contributed by atoms with E-state index in [2.05, 4.69) is 71.7 Å². The van der Waals surface area contributed by atoms with Gasteiger partial charge in [0, 0.05) is 8.95 Å². The summed E-state index contributed by atoms with van der Waals surface area (Å²) < 4.78 is 2.51. The Kier molecular flexibility index (Phi) is 3.03. The highest BCUT2D eigenvalue weighted by molar-refractivity contribution is 9.11. The Labute approximate surface area is 115 Å². The maximum Gasteiger partial charge on any atom is 0.0216 e. The summed E-state index contributed by atoms with van der Waals surface area (Å²) in [4.78, 5) is 0. The Morgan fingerprint density at radius 3 is 1.44 bits per heavy atom. The van der Waals surface area contributed by atoms with Gasteiger partial charge in [-0.1, -0.05) is 59.6 Å². The van der Waals surface area contributed by atoms with Gasteiger partial charge in [0.1, 0.15) is 0 Å². The van der Waals surface area contributed by atoms with E-state index < -0.39 is 0 Å². The van der Waals surface area contributed by atoms with Crippen molar-refractivity contribution in [1.82, 2.24) is 0 Å². The molecule has 0 amide bonds. The van der Waals surface area contributed by atoms with E-state index >= 15 is 0 Å². The number of hydrogen-bond acceptors (Lipinski definition) is 0. The van der Waals surface area contributed by atoms with Crippen LogP contribution in [0.5, 0.6) is 0 Å². The molecule has 2 rings (SSSR count). The third kappa shape index (κ3) is 1.88. The van der Waals surface area contributed by atoms with Gasteiger partial charge in [-0.3, -0.25) is 0 Å². The third-order valence-corrected chi connectivity index (χ3v) is 5.15. The zero-order valence-electron chi connectivity index (χ0n) is 10.3. The van der Waals surface area contributed by atoms with E-state index in [0.29, 0.717) is 0 Å². The van der Waals surface area contributed by atoms with Gasteiger partial charge in [-0.15, -0.1) is 0 Å². The first-order valence-electron chi connectivity index (χ1n) is 5.75. The molecule has 0 heterocycles. The average Bonchev–Trinajstić information content (AvgIpc) is 2.16. The summed E-state index contributed by atoms with van der Waals surface area (Å²) in [7, 11) is 0. The monoisotopic (exact) mass is 344 g/mol. The lowest BCUT2D eigenvalue weighted by atomic mass is 9.63. The first kappa shape index (κ1) is 12.6. The van der Waals surface area contributed by atoms with Crippen LogP contribution in [0.15, 0.2) is 21.1 Å². The van der Waals surface area contributed by atoms with E-state index in [1.54, 1.807) is 0 Å². The Bertz CT molecular complexity index is 390. The predicted octanol–water partition coefficient (Wildman–Crippen LogP) is 5.56. The summed E-state index contributed by atoms with van der Waals surface area (Å²) in [6, 6.07) is 4.32. The molecular weight excluding hydrogens is 328 g/mol. The van der Waals surface area contributed by atoms with Gasteiger partial charge in [0.2, 0.25) is 0 Å². The van der Waals surface area contributed by atoms with Gasteiger partial charge < -0.3 is 0 Å². The fraction of sp³-hybridized carbons (Fsp3) is 0.571. The van der Waals surface area contributed by atoms with Crippen molar-refractivity contribution in [1.29, 1.82) is 0 Å². The molecule has 0 fully saturated rings. The lowest BCUT2D eigenvalue weighted by Crippen LogP contribution is -2.34. The fourth-order valence-corrected chi connectivity index (χ4v) is 4.48. The number of hydrogen-bond donors (Lipinski definition) is 0. The molecule has 1 aromatic rings. The number of fused-ring (bicyclic) bond motifs is 1. The molecule has 0 aromatic heterocycles. The molecule has 1 aromatic carbocycles. The number of rotatable bonds is 0. The van der Waals surface area contributed by atoms with Gasteiger partial charge in [0.05, 0.1) is 0 Å². The molecule has 0 bridgehead atoms. The van der Waals surface area contributed by atoms with E-state index in [0.717, 1.165) is 0 Å². The molecule has 88 valence electrons. The second kappa shape index (κ2) is 3.84. The van der Waals surface area contributed by atoms with E-state index in [1.165, 1.54) is 32.9 Å². The van der Waals surface area contributed by atoms with Gasteiger partial charge in [0.25, 0.3) is 0 Å². The highest BCUT2D eigenvalue weighted by Crippen LogP contribution is 2.50. The quantitative estimate of drug-likeness (QED) is 0.577. The summed E-state index contributed by atoms with van der Waals surface area (Å²) in [5, 5.41) is 0. The van der Waals surface area contributed by atoms with Crippen LogP contribution in [-0.2, 0) is 10.8 Å². The van der Waals surface area contributed by atoms with Crippen molar-refractivity contribution in [3.05, 3.63) is 32.2 Å². The second-order valence-corrected chi connectivity index (χ2v) is 7.76. The van der Waals surface area contributed by atoms with Crippen LogP contribution in [0.2, 0.25) is 0 Å². The molecule has 2 heteroatoms. The van der Waals surface area contributed by atoms with Gasteiger partial charge >= 0.3 is 0 Å². The van der Waals surface area contributed by atoms with Crippen molar-refractivity contribution >= 4 is 31.9 Å². The first-order chi connectivity index (χ1) is 7.26. The molecule has 0 radical (unpaired) electrons. The van der Waals surface area contributed by atoms with Crippen LogP contribution in [-0.4, -0.2) is 0 Å². The van der Waals surface area contributed by atoms with Crippen molar-refractivity contribution in [3.8, 4) is 0 Å². The Balaban J connectivity index is 2.79. The number of benzene rings is 1. The van der Waals surface area contributed by atoms with Crippen LogP contribution in [0.25, 0.3) is 0 Å². The molecular formula is C14H18Br2. The van der Waals surface area contributed by atoms with E-state index in [1.807, 2.05) is 0 Å². The van der Waals surface area contributed by atoms with Crippen molar-refractivity contribution < 1.29 is 0 Å². The standard InChI is InChI=1S/C14H18Br2/c1-13(2)7-8-14(3,4)12-10(16)6-5-9(15)11(12)13/h5-6H,7-8H2,1-4H3. The summed E-state index contributed by atoms with van der Waals surface area (Å²) in [6.07, 6.45) is 2.50. The van der Waals surface area contributed by atoms with Gasteiger partial charge in [-0.05, 0) is 46.9 Å². The van der Waals surface area contributed by atoms with Crippen LogP contribution < -0.4 is 0 Å². The van der Waals surface area contributed by atoms with Crippen molar-refractivity contribution in [2.45, 2.75) is 51.4 Å². The zero-order chi connectivity index (χ0) is 12.1. The molecule has 0 spiro atoms. The summed E-state index contributed by atoms with van der Waals surface area (Å²) in [5.41, 5.74) is 3.51. The normalized spacial score (nSPS) is 21.6. The van der Waals surface area contributed by atoms with Crippen LogP contribution in [0.3, 0.4) is 0 Å². The highest BCUT2D eigenvalue weighted by atomic mass is 79.9. The Morgan fingerprint density at radius 2 is 1.12 bits per heavy atom. The smallest absolute Gasteiger partial charge is 0.0216 e. The Morgan fingerprint density at radius 1 is 0.812 bits per heavy atom. The van der Waals surface area contributed by atoms with E-state index in [4.69, 9.17) is 0 Å². The van der Waals surface area contributed by atoms with Crippen LogP contribution in [0, 0.1) is 0 Å². The molecule has 0 atom stereocenters. The summed E-state index contributed by atoms with van der Waals surface area (Å²) in [5.74, 6) is 0. The maximum absolute atomic E-state index is 3.72. The average molecular weight is 346 g/mol. The molecule has 16 heavy (non-hydrogen) atoms. The summed E-state index contributed by atoms with van der Waals surface area (Å²) in [6.45, 7) is 9.38. The predicted molar refractivity (Wildman–Crippen MR) is 77.1 cm³/mol. The molecule has 0 aliphatic heterocycles. The lowest BCUT2D eigenvalue weighted by molar-refractivity contribution is 0.329. The van der Waals surface area contributed by atoms with Crippen LogP contribution in [0.4, 0.5) is 0 Å². The molecule has 0 N–H and O–H groups in total. The topological polar surface area (TPSA) is 0 Å². The fourth-order valence-electron chi connectivity index (χ4n) is 2.75. The van der Waals surface area contributed by atoms with Gasteiger partial charge in [-0.2, -0.15) is 0 Å². The molecule has 1 aliphatic rings. The van der Waals surface area contributed by atoms with Gasteiger partial charge in [-0.25, -0.2) is 0 Å². The minimum atomic E-state index is 0.271. The molecule has 0 unspecified atom stereocenters. The van der Waals surface area contributed by atoms with E-state index in [9.17, 15) is 0 Å². The SMILES string of the molecule is CC1(C)CCC(C)(C)c2c(Br)ccc(Br)c21. The largest absolute Gasteiger partial charge is 0.0558 e. The molecule has 0 nitrogen and oxygen atoms in total. The van der Waals surface area contributed by atoms with E-state index in [-0.39, 0.29) is 10.8 Å². The lowest BCUT2D eigenvalue weighted by Gasteiger charge is -2.43. The third-order valence-electron chi connectivity index (χ3n) is 3.83. The van der Waals surface area contributed by atoms with Crippen molar-refractivity contribution in [3.63, 3.8) is 0 Å². The molecule has 0 saturated carbocycles. The van der Waals surface area contributed by atoms with Crippen LogP contribution >= 0.6 is 31.9 Å². The molecule has 0 saturated heterocycles. The van der Waals surface area contributed by atoms with Crippen molar-refractivity contribution in [2.75, 3.05) is 0 Å². The van der Waals surface area contributed by atoms with Crippen LogP contribution in [0.1, 0.15) is 51.7 Å². The maximum atomic E-state index is 3.72. The second-order valence-electron chi connectivity index (χ2n) is 6.05. The Hall–Kier alpha value is 0.180.